The maximum absolute atomic E-state index is 12.4. The summed E-state index contributed by atoms with van der Waals surface area (Å²) in [7, 11) is 0. The molecule has 0 aromatic heterocycles. The first-order chi connectivity index (χ1) is 8.69. The Morgan fingerprint density at radius 1 is 1.39 bits per heavy atom. The summed E-state index contributed by atoms with van der Waals surface area (Å²) in [5.41, 5.74) is 0. The van der Waals surface area contributed by atoms with Crippen LogP contribution in [-0.2, 0) is 4.79 Å². The van der Waals surface area contributed by atoms with Crippen LogP contribution in [0.25, 0.3) is 0 Å². The number of rotatable bonds is 4. The van der Waals surface area contributed by atoms with Gasteiger partial charge in [-0.2, -0.15) is 0 Å². The van der Waals surface area contributed by atoms with E-state index in [-0.39, 0.29) is 5.91 Å². The number of hydrogen-bond acceptors (Lipinski definition) is 5. The number of nitrogens with zero attached hydrogens (tertiary/aromatic N) is 2. The molecule has 0 bridgehead atoms. The van der Waals surface area contributed by atoms with Crippen LogP contribution in [0.15, 0.2) is 9.93 Å². The third kappa shape index (κ3) is 2.70. The minimum atomic E-state index is 0.112. The van der Waals surface area contributed by atoms with E-state index in [1.807, 2.05) is 0 Å². The van der Waals surface area contributed by atoms with Crippen molar-refractivity contribution in [1.82, 2.24) is 9.80 Å². The SMILES string of the molecule is CCCCN1C(=O)/C(=C2/SCCN2CC)SC1=S. The van der Waals surface area contributed by atoms with Crippen molar-refractivity contribution in [3.05, 3.63) is 9.93 Å². The van der Waals surface area contributed by atoms with Crippen LogP contribution >= 0.6 is 35.7 Å². The summed E-state index contributed by atoms with van der Waals surface area (Å²) in [6.45, 7) is 7.01. The Bertz CT molecular complexity index is 395. The smallest absolute Gasteiger partial charge is 0.268 e. The van der Waals surface area contributed by atoms with Crippen molar-refractivity contribution in [1.29, 1.82) is 0 Å². The second-order valence-corrected chi connectivity index (χ2v) is 6.97. The van der Waals surface area contributed by atoms with E-state index in [1.165, 1.54) is 11.8 Å². The van der Waals surface area contributed by atoms with E-state index in [9.17, 15) is 4.79 Å². The van der Waals surface area contributed by atoms with Gasteiger partial charge in [-0.1, -0.05) is 37.3 Å². The van der Waals surface area contributed by atoms with Gasteiger partial charge in [0.2, 0.25) is 0 Å². The third-order valence-electron chi connectivity index (χ3n) is 3.05. The zero-order chi connectivity index (χ0) is 13.1. The van der Waals surface area contributed by atoms with Gasteiger partial charge >= 0.3 is 0 Å². The number of carbonyl (C=O) groups is 1. The Hall–Kier alpha value is -0.200. The van der Waals surface area contributed by atoms with Crippen molar-refractivity contribution in [3.63, 3.8) is 0 Å². The first-order valence-electron chi connectivity index (χ1n) is 6.34. The number of hydrogen-bond donors (Lipinski definition) is 0. The van der Waals surface area contributed by atoms with Gasteiger partial charge in [0.05, 0.1) is 5.03 Å². The number of carbonyl (C=O) groups excluding carboxylic acids is 1. The molecule has 6 heteroatoms. The van der Waals surface area contributed by atoms with Crippen LogP contribution in [0.3, 0.4) is 0 Å². The summed E-state index contributed by atoms with van der Waals surface area (Å²) in [6.07, 6.45) is 2.10. The molecule has 0 spiro atoms. The van der Waals surface area contributed by atoms with Crippen molar-refractivity contribution >= 4 is 46.0 Å². The first kappa shape index (κ1) is 14.2. The molecular weight excluding hydrogens is 284 g/mol. The van der Waals surface area contributed by atoms with Crippen LogP contribution in [0.2, 0.25) is 0 Å². The maximum Gasteiger partial charge on any atom is 0.268 e. The lowest BCUT2D eigenvalue weighted by Gasteiger charge is -2.17. The van der Waals surface area contributed by atoms with Gasteiger partial charge in [-0.05, 0) is 13.3 Å². The summed E-state index contributed by atoms with van der Waals surface area (Å²) in [5, 5.41) is 1.13. The van der Waals surface area contributed by atoms with Crippen LogP contribution in [0.4, 0.5) is 0 Å². The van der Waals surface area contributed by atoms with E-state index < -0.39 is 0 Å². The number of unbranched alkanes of at least 4 members (excludes halogenated alkanes) is 1. The predicted molar refractivity (Wildman–Crippen MR) is 83.5 cm³/mol. The van der Waals surface area contributed by atoms with Crippen molar-refractivity contribution in [2.45, 2.75) is 26.7 Å². The fourth-order valence-corrected chi connectivity index (χ4v) is 4.72. The molecule has 0 atom stereocenters. The highest BCUT2D eigenvalue weighted by atomic mass is 32.2. The monoisotopic (exact) mass is 302 g/mol. The van der Waals surface area contributed by atoms with Gasteiger partial charge in [0.15, 0.2) is 0 Å². The van der Waals surface area contributed by atoms with E-state index in [0.717, 1.165) is 52.5 Å². The molecule has 0 radical (unpaired) electrons. The third-order valence-corrected chi connectivity index (χ3v) is 5.74. The quantitative estimate of drug-likeness (QED) is 0.587. The van der Waals surface area contributed by atoms with E-state index in [4.69, 9.17) is 12.2 Å². The van der Waals surface area contributed by atoms with Gasteiger partial charge in [-0.3, -0.25) is 9.69 Å². The molecule has 2 fully saturated rings. The van der Waals surface area contributed by atoms with E-state index >= 15 is 0 Å². The average molecular weight is 302 g/mol. The zero-order valence-electron chi connectivity index (χ0n) is 10.8. The highest BCUT2D eigenvalue weighted by Crippen LogP contribution is 2.40. The molecule has 2 aliphatic rings. The van der Waals surface area contributed by atoms with Crippen LogP contribution in [0.1, 0.15) is 26.7 Å². The van der Waals surface area contributed by atoms with Crippen LogP contribution in [0, 0.1) is 0 Å². The molecule has 0 aromatic carbocycles. The largest absolute Gasteiger partial charge is 0.365 e. The summed E-state index contributed by atoms with van der Waals surface area (Å²) in [6, 6.07) is 0. The number of amides is 1. The molecule has 2 heterocycles. The average Bonchev–Trinajstić information content (AvgIpc) is 2.93. The first-order valence-corrected chi connectivity index (χ1v) is 8.55. The molecule has 0 N–H and O–H groups in total. The highest BCUT2D eigenvalue weighted by Gasteiger charge is 2.36. The topological polar surface area (TPSA) is 23.6 Å². The highest BCUT2D eigenvalue weighted by molar-refractivity contribution is 8.27. The second-order valence-electron chi connectivity index (χ2n) is 4.24. The van der Waals surface area contributed by atoms with Crippen LogP contribution in [0.5, 0.6) is 0 Å². The Morgan fingerprint density at radius 3 is 2.83 bits per heavy atom. The van der Waals surface area contributed by atoms with E-state index in [1.54, 1.807) is 16.7 Å². The summed E-state index contributed by atoms with van der Waals surface area (Å²) in [4.78, 5) is 17.3. The number of thioether (sulfide) groups is 2. The Kier molecular flexibility index (Phi) is 4.98. The van der Waals surface area contributed by atoms with Gasteiger partial charge in [0.1, 0.15) is 9.23 Å². The lowest BCUT2D eigenvalue weighted by Crippen LogP contribution is -2.29. The Balaban J connectivity index is 2.19. The Morgan fingerprint density at radius 2 is 2.17 bits per heavy atom. The van der Waals surface area contributed by atoms with Crippen molar-refractivity contribution in [3.8, 4) is 0 Å². The molecule has 1 amide bonds. The minimum absolute atomic E-state index is 0.112. The standard InChI is InChI=1S/C12H18N2OS3/c1-3-5-6-14-10(15)9(18-12(14)16)11-13(4-2)7-8-17-11/h3-8H2,1-2H3/b11-9-. The molecule has 100 valence electrons. The van der Waals surface area contributed by atoms with Gasteiger partial charge in [-0.25, -0.2) is 0 Å². The van der Waals surface area contributed by atoms with E-state index in [2.05, 4.69) is 18.7 Å². The maximum atomic E-state index is 12.4. The molecule has 2 rings (SSSR count). The predicted octanol–water partition coefficient (Wildman–Crippen LogP) is 2.88. The molecule has 0 aliphatic carbocycles. The van der Waals surface area contributed by atoms with Gasteiger partial charge in [0.25, 0.3) is 5.91 Å². The fourth-order valence-electron chi connectivity index (χ4n) is 1.99. The van der Waals surface area contributed by atoms with Crippen LogP contribution < -0.4 is 0 Å². The molecule has 0 saturated carbocycles. The van der Waals surface area contributed by atoms with Gasteiger partial charge in [0, 0.05) is 25.4 Å². The normalized spacial score (nSPS) is 24.6. The molecular formula is C12H18N2OS3. The summed E-state index contributed by atoms with van der Waals surface area (Å²) >= 11 is 8.58. The molecule has 0 aromatic rings. The van der Waals surface area contributed by atoms with Gasteiger partial charge < -0.3 is 4.90 Å². The molecule has 2 saturated heterocycles. The minimum Gasteiger partial charge on any atom is -0.365 e. The zero-order valence-corrected chi connectivity index (χ0v) is 13.2. The van der Waals surface area contributed by atoms with Gasteiger partial charge in [-0.15, -0.1) is 11.8 Å². The number of thiocarbonyl (C=S) groups is 1. The van der Waals surface area contributed by atoms with Crippen molar-refractivity contribution in [2.24, 2.45) is 0 Å². The molecule has 2 aliphatic heterocycles. The van der Waals surface area contributed by atoms with Crippen molar-refractivity contribution < 1.29 is 4.79 Å². The lowest BCUT2D eigenvalue weighted by molar-refractivity contribution is -0.122. The second kappa shape index (κ2) is 6.30. The lowest BCUT2D eigenvalue weighted by atomic mass is 10.3. The fraction of sp³-hybridized carbons (Fsp3) is 0.667. The molecule has 18 heavy (non-hydrogen) atoms. The summed E-state index contributed by atoms with van der Waals surface area (Å²) < 4.78 is 0.722. The van der Waals surface area contributed by atoms with E-state index in [0.29, 0.717) is 0 Å². The van der Waals surface area contributed by atoms with Crippen molar-refractivity contribution in [2.75, 3.05) is 25.4 Å². The summed E-state index contributed by atoms with van der Waals surface area (Å²) in [5.74, 6) is 1.18. The molecule has 3 nitrogen and oxygen atoms in total. The van der Waals surface area contributed by atoms with Crippen LogP contribution in [-0.4, -0.2) is 45.4 Å². The molecule has 0 unspecified atom stereocenters. The Labute approximate surface area is 122 Å².